The van der Waals surface area contributed by atoms with Crippen LogP contribution in [0.4, 0.5) is 10.1 Å². The van der Waals surface area contributed by atoms with E-state index in [1.165, 1.54) is 6.07 Å². The highest BCUT2D eigenvalue weighted by Crippen LogP contribution is 2.21. The number of anilines is 1. The molecule has 0 fully saturated rings. The van der Waals surface area contributed by atoms with Gasteiger partial charge in [-0.25, -0.2) is 4.39 Å². The minimum absolute atomic E-state index is 0.216. The van der Waals surface area contributed by atoms with Gasteiger partial charge in [0.15, 0.2) is 0 Å². The second-order valence-corrected chi connectivity index (χ2v) is 5.11. The van der Waals surface area contributed by atoms with Gasteiger partial charge in [-0.2, -0.15) is 0 Å². The van der Waals surface area contributed by atoms with Crippen LogP contribution in [0.2, 0.25) is 0 Å². The summed E-state index contributed by atoms with van der Waals surface area (Å²) in [5.74, 6) is 0.418. The number of hydrogen-bond donors (Lipinski definition) is 1. The molecule has 1 rings (SSSR count). The number of nitrogens with zero attached hydrogens (tertiary/aromatic N) is 1. The van der Waals surface area contributed by atoms with E-state index in [9.17, 15) is 4.39 Å². The lowest BCUT2D eigenvalue weighted by Crippen LogP contribution is -2.30. The van der Waals surface area contributed by atoms with Gasteiger partial charge >= 0.3 is 0 Å². The summed E-state index contributed by atoms with van der Waals surface area (Å²) in [6.07, 6.45) is 1.09. The molecule has 2 nitrogen and oxygen atoms in total. The summed E-state index contributed by atoms with van der Waals surface area (Å²) in [5, 5.41) is 0. The van der Waals surface area contributed by atoms with E-state index in [0.29, 0.717) is 18.5 Å². The summed E-state index contributed by atoms with van der Waals surface area (Å²) in [4.78, 5) is 2.11. The fourth-order valence-corrected chi connectivity index (χ4v) is 2.05. The Morgan fingerprint density at radius 3 is 2.41 bits per heavy atom. The largest absolute Gasteiger partial charge is 0.372 e. The molecule has 17 heavy (non-hydrogen) atoms. The Morgan fingerprint density at radius 2 is 1.88 bits per heavy atom. The zero-order valence-electron chi connectivity index (χ0n) is 11.2. The van der Waals surface area contributed by atoms with Gasteiger partial charge in [0.1, 0.15) is 5.82 Å². The maximum Gasteiger partial charge on any atom is 0.125 e. The summed E-state index contributed by atoms with van der Waals surface area (Å²) in [5.41, 5.74) is 7.30. The van der Waals surface area contributed by atoms with Crippen LogP contribution in [-0.4, -0.2) is 13.1 Å². The maximum atomic E-state index is 13.4. The lowest BCUT2D eigenvalue weighted by Gasteiger charge is -2.28. The van der Waals surface area contributed by atoms with E-state index >= 15 is 0 Å². The first-order valence-electron chi connectivity index (χ1n) is 6.16. The van der Waals surface area contributed by atoms with E-state index in [-0.39, 0.29) is 5.82 Å². The highest BCUT2D eigenvalue weighted by Gasteiger charge is 2.13. The molecule has 0 saturated heterocycles. The molecule has 1 unspecified atom stereocenters. The topological polar surface area (TPSA) is 29.3 Å². The number of nitrogens with two attached hydrogens (primary N) is 1. The van der Waals surface area contributed by atoms with Gasteiger partial charge in [-0.1, -0.05) is 13.8 Å². The molecule has 0 aliphatic heterocycles. The minimum atomic E-state index is -0.216. The first-order valence-corrected chi connectivity index (χ1v) is 6.16. The highest BCUT2D eigenvalue weighted by molar-refractivity contribution is 5.49. The molecular weight excluding hydrogens is 215 g/mol. The number of hydrogen-bond acceptors (Lipinski definition) is 2. The van der Waals surface area contributed by atoms with Gasteiger partial charge < -0.3 is 10.6 Å². The van der Waals surface area contributed by atoms with Crippen LogP contribution < -0.4 is 10.6 Å². The smallest absolute Gasteiger partial charge is 0.125 e. The van der Waals surface area contributed by atoms with Crippen molar-refractivity contribution in [1.29, 1.82) is 0 Å². The number of rotatable bonds is 5. The Balaban J connectivity index is 2.87. The first kappa shape index (κ1) is 14.0. The summed E-state index contributed by atoms with van der Waals surface area (Å²) in [6.45, 7) is 6.92. The Morgan fingerprint density at radius 1 is 1.24 bits per heavy atom. The monoisotopic (exact) mass is 238 g/mol. The quantitative estimate of drug-likeness (QED) is 0.853. The average molecular weight is 238 g/mol. The van der Waals surface area contributed by atoms with Gasteiger partial charge in [0, 0.05) is 25.3 Å². The van der Waals surface area contributed by atoms with E-state index < -0.39 is 0 Å². The van der Waals surface area contributed by atoms with Crippen molar-refractivity contribution in [3.63, 3.8) is 0 Å². The molecule has 1 aromatic rings. The lowest BCUT2D eigenvalue weighted by molar-refractivity contribution is 0.503. The van der Waals surface area contributed by atoms with Crippen molar-refractivity contribution >= 4 is 5.69 Å². The molecule has 0 heterocycles. The number of halogens is 1. The summed E-state index contributed by atoms with van der Waals surface area (Å²) < 4.78 is 13.4. The Kier molecular flexibility index (Phi) is 4.94. The summed E-state index contributed by atoms with van der Waals surface area (Å²) in [6, 6.07) is 5.41. The molecule has 1 atom stereocenters. The molecule has 0 bridgehead atoms. The third kappa shape index (κ3) is 4.00. The fourth-order valence-electron chi connectivity index (χ4n) is 2.05. The predicted molar refractivity (Wildman–Crippen MR) is 71.6 cm³/mol. The molecule has 2 N–H and O–H groups in total. The van der Waals surface area contributed by atoms with Crippen LogP contribution in [-0.2, 0) is 6.54 Å². The Hall–Kier alpha value is -1.09. The van der Waals surface area contributed by atoms with Gasteiger partial charge in [-0.3, -0.25) is 0 Å². The van der Waals surface area contributed by atoms with Crippen LogP contribution >= 0.6 is 0 Å². The van der Waals surface area contributed by atoms with Crippen molar-refractivity contribution in [3.8, 4) is 0 Å². The van der Waals surface area contributed by atoms with Crippen LogP contribution in [0.1, 0.15) is 32.8 Å². The van der Waals surface area contributed by atoms with E-state index in [4.69, 9.17) is 5.73 Å². The molecule has 96 valence electrons. The average Bonchev–Trinajstić information content (AvgIpc) is 2.26. The van der Waals surface area contributed by atoms with E-state index in [1.807, 2.05) is 13.1 Å². The van der Waals surface area contributed by atoms with Crippen molar-refractivity contribution in [2.75, 3.05) is 11.9 Å². The molecule has 0 aliphatic carbocycles. The molecule has 0 spiro atoms. The van der Waals surface area contributed by atoms with Crippen molar-refractivity contribution in [3.05, 3.63) is 29.6 Å². The van der Waals surface area contributed by atoms with E-state index in [0.717, 1.165) is 17.7 Å². The molecular formula is C14H23FN2. The SMILES string of the molecule is CC(C)CC(C)N(C)c1cc(F)cc(CN)c1. The number of benzene rings is 1. The van der Waals surface area contributed by atoms with Gasteiger partial charge in [0.2, 0.25) is 0 Å². The molecule has 0 saturated carbocycles. The second-order valence-electron chi connectivity index (χ2n) is 5.11. The van der Waals surface area contributed by atoms with Gasteiger partial charge in [0.05, 0.1) is 0 Å². The normalized spacial score (nSPS) is 12.9. The van der Waals surface area contributed by atoms with Crippen LogP contribution in [0.5, 0.6) is 0 Å². The van der Waals surface area contributed by atoms with Crippen LogP contribution in [0.15, 0.2) is 18.2 Å². The van der Waals surface area contributed by atoms with Crippen molar-refractivity contribution < 1.29 is 4.39 Å². The molecule has 0 aliphatic rings. The molecule has 0 radical (unpaired) electrons. The zero-order valence-corrected chi connectivity index (χ0v) is 11.2. The first-order chi connectivity index (χ1) is 7.93. The lowest BCUT2D eigenvalue weighted by atomic mass is 10.0. The standard InChI is InChI=1S/C14H23FN2/c1-10(2)5-11(3)17(4)14-7-12(9-16)6-13(15)8-14/h6-8,10-11H,5,9,16H2,1-4H3. The third-order valence-corrected chi connectivity index (χ3v) is 3.06. The van der Waals surface area contributed by atoms with Crippen molar-refractivity contribution in [2.45, 2.75) is 39.8 Å². The second kappa shape index (κ2) is 6.01. The third-order valence-electron chi connectivity index (χ3n) is 3.06. The fraction of sp³-hybridized carbons (Fsp3) is 0.571. The molecule has 1 aromatic carbocycles. The molecule has 0 amide bonds. The Labute approximate surface area is 104 Å². The summed E-state index contributed by atoms with van der Waals surface area (Å²) in [7, 11) is 2.00. The predicted octanol–water partition coefficient (Wildman–Crippen LogP) is 3.16. The highest BCUT2D eigenvalue weighted by atomic mass is 19.1. The summed E-state index contributed by atoms with van der Waals surface area (Å²) >= 11 is 0. The van der Waals surface area contributed by atoms with Crippen molar-refractivity contribution in [1.82, 2.24) is 0 Å². The van der Waals surface area contributed by atoms with Crippen LogP contribution in [0.25, 0.3) is 0 Å². The van der Waals surface area contributed by atoms with Crippen LogP contribution in [0, 0.1) is 11.7 Å². The van der Waals surface area contributed by atoms with Gasteiger partial charge in [-0.15, -0.1) is 0 Å². The minimum Gasteiger partial charge on any atom is -0.372 e. The Bertz CT molecular complexity index is 363. The zero-order chi connectivity index (χ0) is 13.0. The van der Waals surface area contributed by atoms with Gasteiger partial charge in [-0.05, 0) is 43.0 Å². The van der Waals surface area contributed by atoms with Crippen LogP contribution in [0.3, 0.4) is 0 Å². The van der Waals surface area contributed by atoms with Gasteiger partial charge in [0.25, 0.3) is 0 Å². The van der Waals surface area contributed by atoms with E-state index in [1.54, 1.807) is 6.07 Å². The van der Waals surface area contributed by atoms with Crippen molar-refractivity contribution in [2.24, 2.45) is 11.7 Å². The molecule has 0 aromatic heterocycles. The maximum absolute atomic E-state index is 13.4. The molecule has 3 heteroatoms. The van der Waals surface area contributed by atoms with E-state index in [2.05, 4.69) is 25.7 Å².